The van der Waals surface area contributed by atoms with E-state index in [0.29, 0.717) is 5.78 Å². The van der Waals surface area contributed by atoms with Gasteiger partial charge in [-0.3, -0.25) is 9.69 Å². The average Bonchev–Trinajstić information content (AvgIpc) is 2.24. The van der Waals surface area contributed by atoms with Crippen molar-refractivity contribution in [3.8, 4) is 0 Å². The standard InChI is InChI=1S/C12H21NO2/c1-12(6-2-10(14)3-7-12)13-8-4-11(15)5-9-13/h10,14H,2-9H2,1H3. The van der Waals surface area contributed by atoms with Crippen LogP contribution in [0.2, 0.25) is 0 Å². The molecule has 3 heteroatoms. The second-order valence-corrected chi connectivity index (χ2v) is 5.25. The molecule has 1 aliphatic heterocycles. The van der Waals surface area contributed by atoms with E-state index in [4.69, 9.17) is 0 Å². The van der Waals surface area contributed by atoms with Gasteiger partial charge in [-0.25, -0.2) is 0 Å². The van der Waals surface area contributed by atoms with Gasteiger partial charge >= 0.3 is 0 Å². The first-order chi connectivity index (χ1) is 7.10. The number of hydrogen-bond donors (Lipinski definition) is 1. The Morgan fingerprint density at radius 1 is 1.27 bits per heavy atom. The van der Waals surface area contributed by atoms with Crippen LogP contribution in [-0.2, 0) is 4.79 Å². The zero-order chi connectivity index (χ0) is 10.9. The Hall–Kier alpha value is -0.410. The number of rotatable bonds is 1. The Kier molecular flexibility index (Phi) is 3.12. The van der Waals surface area contributed by atoms with Crippen LogP contribution in [0.1, 0.15) is 45.4 Å². The van der Waals surface area contributed by atoms with Crippen LogP contribution in [0.25, 0.3) is 0 Å². The first kappa shape index (κ1) is 11.1. The summed E-state index contributed by atoms with van der Waals surface area (Å²) in [6.07, 6.45) is 5.33. The molecule has 0 atom stereocenters. The molecule has 3 nitrogen and oxygen atoms in total. The van der Waals surface area contributed by atoms with Gasteiger partial charge < -0.3 is 5.11 Å². The van der Waals surface area contributed by atoms with Crippen molar-refractivity contribution in [2.45, 2.75) is 57.1 Å². The van der Waals surface area contributed by atoms with Crippen molar-refractivity contribution in [3.05, 3.63) is 0 Å². The van der Waals surface area contributed by atoms with Gasteiger partial charge in [-0.15, -0.1) is 0 Å². The molecule has 1 saturated carbocycles. The molecule has 2 aliphatic rings. The Bertz CT molecular complexity index is 234. The maximum Gasteiger partial charge on any atom is 0.135 e. The number of hydrogen-bond acceptors (Lipinski definition) is 3. The second kappa shape index (κ2) is 4.22. The molecule has 0 unspecified atom stereocenters. The molecule has 0 aromatic rings. The van der Waals surface area contributed by atoms with Gasteiger partial charge in [0.1, 0.15) is 5.78 Å². The molecule has 1 heterocycles. The Morgan fingerprint density at radius 3 is 2.33 bits per heavy atom. The van der Waals surface area contributed by atoms with E-state index in [2.05, 4.69) is 11.8 Å². The van der Waals surface area contributed by atoms with Crippen molar-refractivity contribution >= 4 is 5.78 Å². The molecule has 1 N–H and O–H groups in total. The fraction of sp³-hybridized carbons (Fsp3) is 0.917. The van der Waals surface area contributed by atoms with Crippen molar-refractivity contribution in [1.29, 1.82) is 0 Å². The summed E-state index contributed by atoms with van der Waals surface area (Å²) in [6.45, 7) is 4.13. The lowest BCUT2D eigenvalue weighted by Gasteiger charge is -2.46. The third-order valence-corrected chi connectivity index (χ3v) is 4.12. The van der Waals surface area contributed by atoms with Crippen molar-refractivity contribution in [2.75, 3.05) is 13.1 Å². The Balaban J connectivity index is 1.94. The lowest BCUT2D eigenvalue weighted by atomic mass is 9.79. The average molecular weight is 211 g/mol. The van der Waals surface area contributed by atoms with E-state index in [1.165, 1.54) is 0 Å². The third-order valence-electron chi connectivity index (χ3n) is 4.12. The van der Waals surface area contributed by atoms with Gasteiger partial charge in [-0.05, 0) is 32.6 Å². The minimum Gasteiger partial charge on any atom is -0.393 e. The number of nitrogens with zero attached hydrogens (tertiary/aromatic N) is 1. The van der Waals surface area contributed by atoms with E-state index in [-0.39, 0.29) is 11.6 Å². The maximum absolute atomic E-state index is 11.2. The summed E-state index contributed by atoms with van der Waals surface area (Å²) < 4.78 is 0. The first-order valence-electron chi connectivity index (χ1n) is 6.05. The number of aliphatic hydroxyl groups excluding tert-OH is 1. The highest BCUT2D eigenvalue weighted by atomic mass is 16.3. The lowest BCUT2D eigenvalue weighted by molar-refractivity contribution is -0.123. The number of likely N-dealkylation sites (tertiary alicyclic amines) is 1. The van der Waals surface area contributed by atoms with Gasteiger partial charge in [0.25, 0.3) is 0 Å². The van der Waals surface area contributed by atoms with Gasteiger partial charge in [0.15, 0.2) is 0 Å². The van der Waals surface area contributed by atoms with Crippen LogP contribution < -0.4 is 0 Å². The molecular weight excluding hydrogens is 190 g/mol. The third kappa shape index (κ3) is 2.40. The van der Waals surface area contributed by atoms with Crippen LogP contribution in [0, 0.1) is 0 Å². The normalized spacial score (nSPS) is 39.3. The molecule has 0 aromatic carbocycles. The van der Waals surface area contributed by atoms with E-state index in [9.17, 15) is 9.90 Å². The Morgan fingerprint density at radius 2 is 1.80 bits per heavy atom. The van der Waals surface area contributed by atoms with Crippen LogP contribution in [0.15, 0.2) is 0 Å². The molecule has 0 amide bonds. The van der Waals surface area contributed by atoms with Crippen molar-refractivity contribution in [3.63, 3.8) is 0 Å². The smallest absolute Gasteiger partial charge is 0.135 e. The fourth-order valence-electron chi connectivity index (χ4n) is 2.84. The van der Waals surface area contributed by atoms with Crippen LogP contribution in [0.3, 0.4) is 0 Å². The summed E-state index contributed by atoms with van der Waals surface area (Å²) >= 11 is 0. The summed E-state index contributed by atoms with van der Waals surface area (Å²) in [4.78, 5) is 13.6. The highest BCUT2D eigenvalue weighted by molar-refractivity contribution is 5.79. The predicted octanol–water partition coefficient (Wildman–Crippen LogP) is 1.34. The molecule has 0 radical (unpaired) electrons. The lowest BCUT2D eigenvalue weighted by Crippen LogP contribution is -2.52. The van der Waals surface area contributed by atoms with Crippen LogP contribution >= 0.6 is 0 Å². The molecule has 2 fully saturated rings. The number of Topliss-reactive ketones (excluding diaryl/α,β-unsaturated/α-hetero) is 1. The molecule has 1 saturated heterocycles. The van der Waals surface area contributed by atoms with E-state index in [1.54, 1.807) is 0 Å². The van der Waals surface area contributed by atoms with Gasteiger partial charge in [0.05, 0.1) is 6.10 Å². The summed E-state index contributed by atoms with van der Waals surface area (Å²) in [5, 5.41) is 9.51. The largest absolute Gasteiger partial charge is 0.393 e. The quantitative estimate of drug-likeness (QED) is 0.711. The molecule has 15 heavy (non-hydrogen) atoms. The fourth-order valence-corrected chi connectivity index (χ4v) is 2.84. The number of aliphatic hydroxyl groups is 1. The van der Waals surface area contributed by atoms with Gasteiger partial charge in [0, 0.05) is 31.5 Å². The van der Waals surface area contributed by atoms with Crippen molar-refractivity contribution < 1.29 is 9.90 Å². The van der Waals surface area contributed by atoms with E-state index < -0.39 is 0 Å². The SMILES string of the molecule is CC1(N2CCC(=O)CC2)CCC(O)CC1. The molecule has 0 bridgehead atoms. The number of ketones is 1. The molecule has 86 valence electrons. The van der Waals surface area contributed by atoms with Crippen molar-refractivity contribution in [1.82, 2.24) is 4.90 Å². The highest BCUT2D eigenvalue weighted by Gasteiger charge is 2.37. The molecule has 1 aliphatic carbocycles. The zero-order valence-corrected chi connectivity index (χ0v) is 9.54. The molecule has 2 rings (SSSR count). The minimum atomic E-state index is -0.0931. The minimum absolute atomic E-state index is 0.0931. The van der Waals surface area contributed by atoms with Gasteiger partial charge in [0.2, 0.25) is 0 Å². The van der Waals surface area contributed by atoms with Crippen LogP contribution in [0.5, 0.6) is 0 Å². The number of carbonyl (C=O) groups is 1. The predicted molar refractivity (Wildman–Crippen MR) is 58.7 cm³/mol. The highest BCUT2D eigenvalue weighted by Crippen LogP contribution is 2.34. The van der Waals surface area contributed by atoms with Gasteiger partial charge in [-0.2, -0.15) is 0 Å². The zero-order valence-electron chi connectivity index (χ0n) is 9.54. The first-order valence-corrected chi connectivity index (χ1v) is 6.05. The second-order valence-electron chi connectivity index (χ2n) is 5.25. The van der Waals surface area contributed by atoms with Crippen molar-refractivity contribution in [2.24, 2.45) is 0 Å². The van der Waals surface area contributed by atoms with E-state index in [0.717, 1.165) is 51.6 Å². The summed E-state index contributed by atoms with van der Waals surface area (Å²) in [7, 11) is 0. The van der Waals surface area contributed by atoms with E-state index >= 15 is 0 Å². The summed E-state index contributed by atoms with van der Waals surface area (Å²) in [5.41, 5.74) is 0.236. The molecule has 0 spiro atoms. The number of carbonyl (C=O) groups excluding carboxylic acids is 1. The van der Waals surface area contributed by atoms with Crippen LogP contribution in [0.4, 0.5) is 0 Å². The van der Waals surface area contributed by atoms with E-state index in [1.807, 2.05) is 0 Å². The van der Waals surface area contributed by atoms with Crippen LogP contribution in [-0.4, -0.2) is 40.5 Å². The molecular formula is C12H21NO2. The summed E-state index contributed by atoms with van der Waals surface area (Å²) in [6, 6.07) is 0. The number of piperidine rings is 1. The molecule has 0 aromatic heterocycles. The van der Waals surface area contributed by atoms with Gasteiger partial charge in [-0.1, -0.05) is 0 Å². The Labute approximate surface area is 91.5 Å². The summed E-state index contributed by atoms with van der Waals surface area (Å²) in [5.74, 6) is 0.408. The maximum atomic E-state index is 11.2. The monoisotopic (exact) mass is 211 g/mol. The topological polar surface area (TPSA) is 40.5 Å².